The number of hydrogen-bond acceptors (Lipinski definition) is 4. The van der Waals surface area contributed by atoms with Crippen molar-refractivity contribution in [2.24, 2.45) is 0 Å². The quantitative estimate of drug-likeness (QED) is 0.539. The van der Waals surface area contributed by atoms with Gasteiger partial charge < -0.3 is 9.88 Å². The van der Waals surface area contributed by atoms with Crippen LogP contribution < -0.4 is 5.32 Å². The Morgan fingerprint density at radius 3 is 2.78 bits per heavy atom. The molecule has 0 fully saturated rings. The molecule has 1 N–H and O–H groups in total. The van der Waals surface area contributed by atoms with Gasteiger partial charge in [-0.1, -0.05) is 53.7 Å². The van der Waals surface area contributed by atoms with Gasteiger partial charge in [-0.15, -0.1) is 10.2 Å². The van der Waals surface area contributed by atoms with E-state index in [1.807, 2.05) is 37.3 Å². The van der Waals surface area contributed by atoms with Crippen LogP contribution >= 0.6 is 11.8 Å². The number of amides is 1. The number of nitrogens with zero attached hydrogens (tertiary/aromatic N) is 3. The highest BCUT2D eigenvalue weighted by molar-refractivity contribution is 8.00. The number of rotatable bonds is 8. The summed E-state index contributed by atoms with van der Waals surface area (Å²) in [5.74, 6) is 0.903. The van der Waals surface area contributed by atoms with Gasteiger partial charge in [0.1, 0.15) is 0 Å². The van der Waals surface area contributed by atoms with Gasteiger partial charge in [-0.2, -0.15) is 0 Å². The van der Waals surface area contributed by atoms with Crippen molar-refractivity contribution in [3.05, 3.63) is 42.0 Å². The number of benzene rings is 1. The average Bonchev–Trinajstić information content (AvgIpc) is 3.11. The highest BCUT2D eigenvalue weighted by atomic mass is 32.2. The molecule has 0 spiro atoms. The smallest absolute Gasteiger partial charge is 0.233 e. The van der Waals surface area contributed by atoms with E-state index in [-0.39, 0.29) is 11.2 Å². The van der Waals surface area contributed by atoms with Crippen LogP contribution in [0.5, 0.6) is 0 Å². The first-order valence-electron chi connectivity index (χ1n) is 9.80. The van der Waals surface area contributed by atoms with E-state index in [1.165, 1.54) is 43.0 Å². The van der Waals surface area contributed by atoms with E-state index < -0.39 is 0 Å². The molecule has 1 aliphatic rings. The first-order valence-corrected chi connectivity index (χ1v) is 10.7. The van der Waals surface area contributed by atoms with Crippen LogP contribution in [0.1, 0.15) is 46.0 Å². The van der Waals surface area contributed by atoms with E-state index in [0.29, 0.717) is 6.54 Å². The molecule has 2 aromatic rings. The van der Waals surface area contributed by atoms with Gasteiger partial charge in [0.15, 0.2) is 11.0 Å². The van der Waals surface area contributed by atoms with Gasteiger partial charge >= 0.3 is 0 Å². The first-order chi connectivity index (χ1) is 13.2. The normalized spacial score (nSPS) is 15.3. The van der Waals surface area contributed by atoms with E-state index in [2.05, 4.69) is 33.1 Å². The third kappa shape index (κ3) is 5.22. The van der Waals surface area contributed by atoms with Gasteiger partial charge in [-0.05, 0) is 46.0 Å². The summed E-state index contributed by atoms with van der Waals surface area (Å²) in [5.41, 5.74) is 2.52. The SMILES string of the molecule is CCn1c(S[C@@H](C)C(=O)NCCC2=CCCCC2)nnc1-c1ccccc1. The molecule has 1 aromatic heterocycles. The second kappa shape index (κ2) is 9.74. The van der Waals surface area contributed by atoms with Crippen molar-refractivity contribution >= 4 is 17.7 Å². The fourth-order valence-corrected chi connectivity index (χ4v) is 4.23. The van der Waals surface area contributed by atoms with Crippen molar-refractivity contribution in [1.82, 2.24) is 20.1 Å². The van der Waals surface area contributed by atoms with E-state index in [4.69, 9.17) is 0 Å². The molecule has 1 heterocycles. The van der Waals surface area contributed by atoms with Crippen molar-refractivity contribution in [3.63, 3.8) is 0 Å². The Labute approximate surface area is 165 Å². The Morgan fingerprint density at radius 2 is 2.07 bits per heavy atom. The highest BCUT2D eigenvalue weighted by Crippen LogP contribution is 2.27. The molecule has 0 radical (unpaired) electrons. The summed E-state index contributed by atoms with van der Waals surface area (Å²) in [6, 6.07) is 10.0. The lowest BCUT2D eigenvalue weighted by atomic mass is 9.97. The van der Waals surface area contributed by atoms with Crippen LogP contribution in [-0.2, 0) is 11.3 Å². The minimum absolute atomic E-state index is 0.0586. The zero-order valence-electron chi connectivity index (χ0n) is 16.1. The molecule has 5 nitrogen and oxygen atoms in total. The predicted octanol–water partition coefficient (Wildman–Crippen LogP) is 4.45. The summed E-state index contributed by atoms with van der Waals surface area (Å²) in [4.78, 5) is 12.5. The van der Waals surface area contributed by atoms with Crippen LogP contribution in [0.25, 0.3) is 11.4 Å². The van der Waals surface area contributed by atoms with E-state index in [9.17, 15) is 4.79 Å². The lowest BCUT2D eigenvalue weighted by Crippen LogP contribution is -2.32. The molecule has 27 heavy (non-hydrogen) atoms. The highest BCUT2D eigenvalue weighted by Gasteiger charge is 2.20. The maximum Gasteiger partial charge on any atom is 0.233 e. The third-order valence-corrected chi connectivity index (χ3v) is 5.93. The molecular weight excluding hydrogens is 356 g/mol. The van der Waals surface area contributed by atoms with E-state index >= 15 is 0 Å². The van der Waals surface area contributed by atoms with Gasteiger partial charge in [-0.3, -0.25) is 4.79 Å². The summed E-state index contributed by atoms with van der Waals surface area (Å²) >= 11 is 1.47. The van der Waals surface area contributed by atoms with Gasteiger partial charge in [-0.25, -0.2) is 0 Å². The molecule has 0 saturated carbocycles. The Hall–Kier alpha value is -2.08. The third-order valence-electron chi connectivity index (χ3n) is 4.85. The topological polar surface area (TPSA) is 59.8 Å². The number of carbonyl (C=O) groups excluding carboxylic acids is 1. The standard InChI is InChI=1S/C21H28N4OS/c1-3-25-19(18-12-8-5-9-13-18)23-24-21(25)27-16(2)20(26)22-15-14-17-10-6-4-7-11-17/h5,8-10,12-13,16H,3-4,6-7,11,14-15H2,1-2H3,(H,22,26)/t16-/m0/s1. The minimum atomic E-state index is -0.205. The number of thioether (sulfide) groups is 1. The van der Waals surface area contributed by atoms with Gasteiger partial charge in [0.05, 0.1) is 5.25 Å². The van der Waals surface area contributed by atoms with E-state index in [0.717, 1.165) is 29.5 Å². The Bertz CT molecular complexity index is 785. The zero-order chi connectivity index (χ0) is 19.1. The minimum Gasteiger partial charge on any atom is -0.355 e. The summed E-state index contributed by atoms with van der Waals surface area (Å²) in [6.45, 7) is 5.48. The van der Waals surface area contributed by atoms with Crippen LogP contribution in [0, 0.1) is 0 Å². The van der Waals surface area contributed by atoms with Crippen LogP contribution in [-0.4, -0.2) is 32.5 Å². The maximum absolute atomic E-state index is 12.5. The van der Waals surface area contributed by atoms with Crippen LogP contribution in [0.2, 0.25) is 0 Å². The number of hydrogen-bond donors (Lipinski definition) is 1. The lowest BCUT2D eigenvalue weighted by Gasteiger charge is -2.15. The summed E-state index contributed by atoms with van der Waals surface area (Å²) in [6.07, 6.45) is 8.25. The van der Waals surface area contributed by atoms with Crippen LogP contribution in [0.15, 0.2) is 47.1 Å². The predicted molar refractivity (Wildman–Crippen MR) is 111 cm³/mol. The van der Waals surface area contributed by atoms with Crippen molar-refractivity contribution in [2.75, 3.05) is 6.54 Å². The summed E-state index contributed by atoms with van der Waals surface area (Å²) in [7, 11) is 0. The Balaban J connectivity index is 1.57. The zero-order valence-corrected chi connectivity index (χ0v) is 17.0. The number of aromatic nitrogens is 3. The molecule has 1 amide bonds. The summed E-state index contributed by atoms with van der Waals surface area (Å²) in [5, 5.41) is 12.3. The molecule has 144 valence electrons. The van der Waals surface area contributed by atoms with E-state index in [1.54, 1.807) is 0 Å². The number of nitrogens with one attached hydrogen (secondary N) is 1. The molecule has 1 aromatic carbocycles. The second-order valence-corrected chi connectivity index (χ2v) is 8.13. The van der Waals surface area contributed by atoms with Crippen molar-refractivity contribution in [3.8, 4) is 11.4 Å². The lowest BCUT2D eigenvalue weighted by molar-refractivity contribution is -0.120. The molecule has 0 bridgehead atoms. The Kier molecular flexibility index (Phi) is 7.10. The molecule has 0 aliphatic heterocycles. The maximum atomic E-state index is 12.5. The van der Waals surface area contributed by atoms with Gasteiger partial charge in [0.25, 0.3) is 0 Å². The molecular formula is C21H28N4OS. The molecule has 1 atom stereocenters. The molecule has 1 aliphatic carbocycles. The Morgan fingerprint density at radius 1 is 1.26 bits per heavy atom. The van der Waals surface area contributed by atoms with Crippen LogP contribution in [0.3, 0.4) is 0 Å². The number of carbonyl (C=O) groups is 1. The molecule has 0 unspecified atom stereocenters. The van der Waals surface area contributed by atoms with Crippen LogP contribution in [0.4, 0.5) is 0 Å². The van der Waals surface area contributed by atoms with Crippen molar-refractivity contribution in [1.29, 1.82) is 0 Å². The first kappa shape index (κ1) is 19.7. The molecule has 6 heteroatoms. The molecule has 3 rings (SSSR count). The fourth-order valence-electron chi connectivity index (χ4n) is 3.30. The average molecular weight is 385 g/mol. The molecule has 0 saturated heterocycles. The monoisotopic (exact) mass is 384 g/mol. The van der Waals surface area contributed by atoms with Crippen molar-refractivity contribution < 1.29 is 4.79 Å². The number of allylic oxidation sites excluding steroid dienone is 1. The van der Waals surface area contributed by atoms with Gasteiger partial charge in [0.2, 0.25) is 5.91 Å². The van der Waals surface area contributed by atoms with Gasteiger partial charge in [0, 0.05) is 18.7 Å². The summed E-state index contributed by atoms with van der Waals surface area (Å²) < 4.78 is 2.07. The van der Waals surface area contributed by atoms with Crippen molar-refractivity contribution in [2.45, 2.75) is 62.9 Å². The second-order valence-electron chi connectivity index (χ2n) is 6.83. The fraction of sp³-hybridized carbons (Fsp3) is 0.476. The largest absolute Gasteiger partial charge is 0.355 e.